The van der Waals surface area contributed by atoms with Crippen molar-refractivity contribution in [1.82, 2.24) is 0 Å². The first kappa shape index (κ1) is 57.2. The van der Waals surface area contributed by atoms with Crippen molar-refractivity contribution < 1.29 is 52.8 Å². The zero-order chi connectivity index (χ0) is 14.6. The molecule has 0 radical (unpaired) electrons. The molecule has 0 nitrogen and oxygen atoms in total. The molecule has 0 fully saturated rings. The summed E-state index contributed by atoms with van der Waals surface area (Å²) in [6.07, 6.45) is 2.56. The molecule has 0 saturated heterocycles. The first-order valence-electron chi connectivity index (χ1n) is 7.42. The fourth-order valence-electron chi connectivity index (χ4n) is 0. The molecule has 0 atom stereocenters. The maximum absolute atomic E-state index is 2.22. The van der Waals surface area contributed by atoms with Crippen LogP contribution >= 0.6 is 24.0 Å². The minimum Gasteiger partial charge on any atom is -1.00 e. The smallest absolute Gasteiger partial charge is 1.00 e. The van der Waals surface area contributed by atoms with Gasteiger partial charge >= 0.3 is 51.4 Å². The normalized spacial score (nSPS) is 5.70. The van der Waals surface area contributed by atoms with E-state index in [4.69, 9.17) is 0 Å². The number of hydrogen-bond donors (Lipinski definition) is 0. The minimum absolute atomic E-state index is 0. The van der Waals surface area contributed by atoms with E-state index < -0.39 is 0 Å². The van der Waals surface area contributed by atoms with Crippen LogP contribution in [-0.4, -0.2) is 0 Å². The molecule has 0 amide bonds. The maximum Gasteiger partial charge on any atom is 1.00 e. The van der Waals surface area contributed by atoms with Gasteiger partial charge < -0.3 is 1.43 Å². The molecule has 0 spiro atoms. The SMILES string of the molecule is C.C.CC.CC.CC(C)C.CCC.CCC(C)C.I.[H-].[K+]. The van der Waals surface area contributed by atoms with E-state index in [1.165, 1.54) is 12.8 Å². The predicted octanol–water partition coefficient (Wildman–Crippen LogP) is 6.19. The van der Waals surface area contributed by atoms with Gasteiger partial charge in [-0.2, -0.15) is 0 Å². The second kappa shape index (κ2) is 82.5. The van der Waals surface area contributed by atoms with Gasteiger partial charge in [-0.15, -0.1) is 24.0 Å². The van der Waals surface area contributed by atoms with Crippen molar-refractivity contribution >= 4 is 24.0 Å². The van der Waals surface area contributed by atoms with Gasteiger partial charge in [-0.05, 0) is 11.8 Å². The molecule has 0 rings (SSSR count). The van der Waals surface area contributed by atoms with E-state index in [2.05, 4.69) is 55.4 Å². The quantitative estimate of drug-likeness (QED) is 0.341. The topological polar surface area (TPSA) is 0 Å². The van der Waals surface area contributed by atoms with E-state index in [-0.39, 0.29) is 91.6 Å². The third-order valence-corrected chi connectivity index (χ3v) is 0.816. The van der Waals surface area contributed by atoms with E-state index in [0.717, 1.165) is 11.8 Å². The molecule has 0 aromatic carbocycles. The van der Waals surface area contributed by atoms with Crippen LogP contribution in [0.5, 0.6) is 0 Å². The average Bonchev–Trinajstić information content (AvgIpc) is 2.24. The summed E-state index contributed by atoms with van der Waals surface area (Å²) in [6, 6.07) is 0. The minimum atomic E-state index is 0. The monoisotopic (exact) mass is 434 g/mol. The molecule has 0 aliphatic heterocycles. The third kappa shape index (κ3) is 401. The van der Waals surface area contributed by atoms with Crippen molar-refractivity contribution in [3.63, 3.8) is 0 Å². The summed E-state index contributed by atoms with van der Waals surface area (Å²) in [5, 5.41) is 0. The molecule has 0 aliphatic carbocycles. The Kier molecular flexibility index (Phi) is 236. The summed E-state index contributed by atoms with van der Waals surface area (Å²) in [6.45, 7) is 25.4. The van der Waals surface area contributed by atoms with E-state index >= 15 is 0 Å². The fraction of sp³-hybridized carbons (Fsp3) is 1.00. The Balaban J connectivity index is -0.00000000884. The molecule has 0 bridgehead atoms. The number of hydrogen-bond acceptors (Lipinski definition) is 0. The molecular formula is C18H52IK. The van der Waals surface area contributed by atoms with Crippen molar-refractivity contribution in [3.8, 4) is 0 Å². The second-order valence-electron chi connectivity index (χ2n) is 4.24. The Morgan fingerprint density at radius 3 is 0.750 bits per heavy atom. The summed E-state index contributed by atoms with van der Waals surface area (Å²) in [5.41, 5.74) is 0. The summed E-state index contributed by atoms with van der Waals surface area (Å²) in [4.78, 5) is 0. The Morgan fingerprint density at radius 2 is 0.750 bits per heavy atom. The van der Waals surface area contributed by atoms with Gasteiger partial charge in [-0.25, -0.2) is 0 Å². The van der Waals surface area contributed by atoms with Gasteiger partial charge in [0.15, 0.2) is 0 Å². The Bertz CT molecular complexity index is 58.4. The molecule has 0 aromatic rings. The van der Waals surface area contributed by atoms with Crippen LogP contribution in [0.2, 0.25) is 0 Å². The van der Waals surface area contributed by atoms with Gasteiger partial charge in [0, 0.05) is 0 Å². The molecule has 0 unspecified atom stereocenters. The van der Waals surface area contributed by atoms with Crippen LogP contribution in [0.4, 0.5) is 0 Å². The van der Waals surface area contributed by atoms with Crippen molar-refractivity contribution in [2.75, 3.05) is 0 Å². The average molecular weight is 435 g/mol. The van der Waals surface area contributed by atoms with Gasteiger partial charge in [0.2, 0.25) is 0 Å². The fourth-order valence-corrected chi connectivity index (χ4v) is 0. The predicted molar refractivity (Wildman–Crippen MR) is 114 cm³/mol. The van der Waals surface area contributed by atoms with E-state index in [1.54, 1.807) is 0 Å². The van der Waals surface area contributed by atoms with Crippen LogP contribution in [0, 0.1) is 11.8 Å². The summed E-state index contributed by atoms with van der Waals surface area (Å²) in [7, 11) is 0. The van der Waals surface area contributed by atoms with E-state index in [9.17, 15) is 0 Å². The largest absolute Gasteiger partial charge is 1.00 e. The van der Waals surface area contributed by atoms with Crippen LogP contribution in [0.1, 0.15) is 112 Å². The summed E-state index contributed by atoms with van der Waals surface area (Å²) < 4.78 is 0. The molecule has 0 saturated carbocycles. The van der Waals surface area contributed by atoms with Crippen LogP contribution in [0.3, 0.4) is 0 Å². The molecule has 2 heteroatoms. The van der Waals surface area contributed by atoms with Crippen molar-refractivity contribution in [2.24, 2.45) is 11.8 Å². The summed E-state index contributed by atoms with van der Waals surface area (Å²) in [5.74, 6) is 1.72. The maximum atomic E-state index is 2.22. The molecule has 0 aliphatic rings. The van der Waals surface area contributed by atoms with Crippen LogP contribution in [0.15, 0.2) is 0 Å². The summed E-state index contributed by atoms with van der Waals surface area (Å²) >= 11 is 0. The van der Waals surface area contributed by atoms with Gasteiger partial charge in [-0.1, -0.05) is 111 Å². The van der Waals surface area contributed by atoms with Gasteiger partial charge in [0.05, 0.1) is 0 Å². The zero-order valence-electron chi connectivity index (χ0n) is 17.0. The molecule has 0 aromatic heterocycles. The molecule has 0 heterocycles. The number of halogens is 1. The van der Waals surface area contributed by atoms with Crippen LogP contribution in [0.25, 0.3) is 0 Å². The molecule has 132 valence electrons. The first-order valence-corrected chi connectivity index (χ1v) is 7.42. The Hall–Kier alpha value is 2.37. The Morgan fingerprint density at radius 1 is 0.700 bits per heavy atom. The van der Waals surface area contributed by atoms with Crippen LogP contribution in [-0.2, 0) is 0 Å². The van der Waals surface area contributed by atoms with E-state index in [0.29, 0.717) is 0 Å². The van der Waals surface area contributed by atoms with Crippen LogP contribution < -0.4 is 51.4 Å². The number of rotatable bonds is 1. The van der Waals surface area contributed by atoms with Crippen molar-refractivity contribution in [1.29, 1.82) is 0 Å². The van der Waals surface area contributed by atoms with Gasteiger partial charge in [0.1, 0.15) is 0 Å². The standard InChI is InChI=1S/C5H12.C4H10.C3H8.2C2H6.2CH4.HI.K.H/c1-4-5(2)3;1-4(2)3;1-3-2;2*1-2;;;;;/h5H,4H2,1-3H3;4H,1-3H3;3H2,1-2H3;2*1-2H3;2*1H4;1H;;/q;;;;;;;;+1;-1. The molecular weight excluding hydrogens is 382 g/mol. The molecule has 0 N–H and O–H groups in total. The van der Waals surface area contributed by atoms with E-state index in [1.807, 2.05) is 27.7 Å². The van der Waals surface area contributed by atoms with Crippen molar-refractivity contribution in [2.45, 2.75) is 111 Å². The van der Waals surface area contributed by atoms with Gasteiger partial charge in [0.25, 0.3) is 0 Å². The van der Waals surface area contributed by atoms with Gasteiger partial charge in [-0.3, -0.25) is 0 Å². The third-order valence-electron chi connectivity index (χ3n) is 0.816. The van der Waals surface area contributed by atoms with Crippen molar-refractivity contribution in [3.05, 3.63) is 0 Å². The Labute approximate surface area is 197 Å². The molecule has 20 heavy (non-hydrogen) atoms. The zero-order valence-corrected chi connectivity index (χ0v) is 21.4. The second-order valence-corrected chi connectivity index (χ2v) is 4.24. The first-order chi connectivity index (χ1) is 7.42.